The Hall–Kier alpha value is -2.86. The summed E-state index contributed by atoms with van der Waals surface area (Å²) >= 11 is 0. The molecule has 1 aromatic rings. The molecule has 0 radical (unpaired) electrons. The van der Waals surface area contributed by atoms with E-state index in [9.17, 15) is 4.79 Å². The molecular formula is C28H41N5O. The van der Waals surface area contributed by atoms with Gasteiger partial charge in [-0.2, -0.15) is 0 Å². The number of amides is 1. The molecule has 0 aliphatic carbocycles. The third-order valence-electron chi connectivity index (χ3n) is 6.91. The number of carbonyl (C=O) groups excluding carboxylic acids is 1. The predicted molar refractivity (Wildman–Crippen MR) is 142 cm³/mol. The minimum absolute atomic E-state index is 0.142. The van der Waals surface area contributed by atoms with Crippen LogP contribution in [0.4, 0.5) is 0 Å². The second-order valence-electron chi connectivity index (χ2n) is 9.57. The van der Waals surface area contributed by atoms with Gasteiger partial charge >= 0.3 is 0 Å². The quantitative estimate of drug-likeness (QED) is 0.360. The molecule has 2 aliphatic heterocycles. The van der Waals surface area contributed by atoms with Gasteiger partial charge < -0.3 is 14.7 Å². The molecule has 0 saturated carbocycles. The van der Waals surface area contributed by atoms with Crippen molar-refractivity contribution in [3.63, 3.8) is 0 Å². The first kappa shape index (κ1) is 25.8. The lowest BCUT2D eigenvalue weighted by Crippen LogP contribution is -2.50. The van der Waals surface area contributed by atoms with E-state index < -0.39 is 0 Å². The third kappa shape index (κ3) is 6.38. The molecule has 2 heterocycles. The van der Waals surface area contributed by atoms with E-state index in [0.717, 1.165) is 68.5 Å². The van der Waals surface area contributed by atoms with Gasteiger partial charge in [0.05, 0.1) is 0 Å². The van der Waals surface area contributed by atoms with Crippen molar-refractivity contribution in [1.29, 1.82) is 0 Å². The lowest BCUT2D eigenvalue weighted by atomic mass is 9.98. The number of allylic oxidation sites excluding steroid dienone is 4. The number of benzene rings is 1. The number of nitrogens with zero attached hydrogens (tertiary/aromatic N) is 5. The van der Waals surface area contributed by atoms with Crippen molar-refractivity contribution in [1.82, 2.24) is 19.6 Å². The highest BCUT2D eigenvalue weighted by molar-refractivity contribution is 5.96. The highest BCUT2D eigenvalue weighted by atomic mass is 16.2. The molecule has 0 spiro atoms. The summed E-state index contributed by atoms with van der Waals surface area (Å²) in [4.78, 5) is 27.0. The molecular weight excluding hydrogens is 422 g/mol. The fourth-order valence-electron chi connectivity index (χ4n) is 4.82. The van der Waals surface area contributed by atoms with E-state index in [4.69, 9.17) is 0 Å². The number of aliphatic imine (C=N–C) groups is 1. The van der Waals surface area contributed by atoms with Gasteiger partial charge in [0.15, 0.2) is 0 Å². The van der Waals surface area contributed by atoms with Gasteiger partial charge in [-0.25, -0.2) is 4.99 Å². The topological polar surface area (TPSA) is 42.4 Å². The van der Waals surface area contributed by atoms with Gasteiger partial charge in [0.25, 0.3) is 5.91 Å². The monoisotopic (exact) mass is 463 g/mol. The SMILES string of the molecule is C=C/C=C(\C)N1CCN(Cc2cc(C(=O)N3CCN(/C(C)=N/C(=C)C)CC3)c(C)cc2C)CC1. The smallest absolute Gasteiger partial charge is 0.254 e. The molecule has 6 heteroatoms. The van der Waals surface area contributed by atoms with Gasteiger partial charge in [-0.1, -0.05) is 25.3 Å². The maximum absolute atomic E-state index is 13.4. The van der Waals surface area contributed by atoms with Crippen LogP contribution in [0.3, 0.4) is 0 Å². The molecule has 0 N–H and O–H groups in total. The number of piperazine rings is 2. The normalized spacial score (nSPS) is 18.3. The fourth-order valence-corrected chi connectivity index (χ4v) is 4.82. The number of aryl methyl sites for hydroxylation is 2. The summed E-state index contributed by atoms with van der Waals surface area (Å²) in [6.45, 7) is 25.9. The van der Waals surface area contributed by atoms with Crippen LogP contribution in [0.1, 0.15) is 47.8 Å². The summed E-state index contributed by atoms with van der Waals surface area (Å²) in [6.07, 6.45) is 3.93. The van der Waals surface area contributed by atoms with Crippen molar-refractivity contribution < 1.29 is 4.79 Å². The highest BCUT2D eigenvalue weighted by Crippen LogP contribution is 2.21. The fraction of sp³-hybridized carbons (Fsp3) is 0.500. The van der Waals surface area contributed by atoms with Crippen molar-refractivity contribution in [2.45, 2.75) is 41.2 Å². The minimum Gasteiger partial charge on any atom is -0.372 e. The van der Waals surface area contributed by atoms with Crippen molar-refractivity contribution in [3.8, 4) is 0 Å². The summed E-state index contributed by atoms with van der Waals surface area (Å²) in [5, 5.41) is 0. The van der Waals surface area contributed by atoms with E-state index in [2.05, 4.69) is 71.8 Å². The van der Waals surface area contributed by atoms with Gasteiger partial charge in [0.1, 0.15) is 5.84 Å². The third-order valence-corrected chi connectivity index (χ3v) is 6.91. The Kier molecular flexibility index (Phi) is 8.72. The molecule has 184 valence electrons. The van der Waals surface area contributed by atoms with E-state index in [1.54, 1.807) is 0 Å². The van der Waals surface area contributed by atoms with E-state index in [1.165, 1.54) is 16.8 Å². The summed E-state index contributed by atoms with van der Waals surface area (Å²) in [7, 11) is 0. The zero-order chi connectivity index (χ0) is 24.8. The number of hydrogen-bond donors (Lipinski definition) is 0. The Balaban J connectivity index is 1.64. The van der Waals surface area contributed by atoms with E-state index in [1.807, 2.05) is 24.8 Å². The Bertz CT molecular complexity index is 977. The van der Waals surface area contributed by atoms with E-state index in [0.29, 0.717) is 13.1 Å². The lowest BCUT2D eigenvalue weighted by Gasteiger charge is -2.37. The predicted octanol–water partition coefficient (Wildman–Crippen LogP) is 4.22. The molecule has 0 atom stereocenters. The molecule has 6 nitrogen and oxygen atoms in total. The van der Waals surface area contributed by atoms with Crippen LogP contribution in [-0.4, -0.2) is 83.7 Å². The van der Waals surface area contributed by atoms with Crippen LogP contribution in [0.25, 0.3) is 0 Å². The van der Waals surface area contributed by atoms with Gasteiger partial charge in [-0.15, -0.1) is 0 Å². The first-order chi connectivity index (χ1) is 16.2. The summed E-state index contributed by atoms with van der Waals surface area (Å²) in [5.41, 5.74) is 6.49. The van der Waals surface area contributed by atoms with Crippen LogP contribution in [0.2, 0.25) is 0 Å². The standard InChI is InChI=1S/C28H41N5O/c1-8-9-24(6)31-12-10-30(11-13-31)20-26-19-27(23(5)18-22(26)4)28(34)33-16-14-32(15-17-33)25(7)29-21(2)3/h8-9,18-19H,1-2,10-17,20H2,3-7H3/b24-9+,29-25+. The highest BCUT2D eigenvalue weighted by Gasteiger charge is 2.25. The van der Waals surface area contributed by atoms with Gasteiger partial charge in [0.2, 0.25) is 0 Å². The van der Waals surface area contributed by atoms with Crippen molar-refractivity contribution in [2.24, 2.45) is 4.99 Å². The van der Waals surface area contributed by atoms with E-state index in [-0.39, 0.29) is 5.91 Å². The number of amidine groups is 1. The van der Waals surface area contributed by atoms with Crippen LogP contribution in [0.5, 0.6) is 0 Å². The minimum atomic E-state index is 0.142. The Morgan fingerprint density at radius 1 is 0.912 bits per heavy atom. The largest absolute Gasteiger partial charge is 0.372 e. The number of hydrogen-bond acceptors (Lipinski definition) is 4. The van der Waals surface area contributed by atoms with Gasteiger partial charge in [-0.05, 0) is 63.5 Å². The Morgan fingerprint density at radius 2 is 1.50 bits per heavy atom. The average molecular weight is 464 g/mol. The van der Waals surface area contributed by atoms with Crippen LogP contribution >= 0.6 is 0 Å². The average Bonchev–Trinajstić information content (AvgIpc) is 2.80. The van der Waals surface area contributed by atoms with Crippen molar-refractivity contribution >= 4 is 11.7 Å². The number of rotatable bonds is 6. The summed E-state index contributed by atoms with van der Waals surface area (Å²) in [5.74, 6) is 1.12. The zero-order valence-electron chi connectivity index (χ0n) is 21.7. The summed E-state index contributed by atoms with van der Waals surface area (Å²) < 4.78 is 0. The second kappa shape index (κ2) is 11.5. The first-order valence-electron chi connectivity index (χ1n) is 12.3. The van der Waals surface area contributed by atoms with Gasteiger partial charge in [-0.3, -0.25) is 9.69 Å². The first-order valence-corrected chi connectivity index (χ1v) is 12.3. The molecule has 34 heavy (non-hydrogen) atoms. The van der Waals surface area contributed by atoms with Crippen LogP contribution in [0, 0.1) is 13.8 Å². The maximum Gasteiger partial charge on any atom is 0.254 e. The molecule has 0 bridgehead atoms. The molecule has 0 unspecified atom stereocenters. The van der Waals surface area contributed by atoms with Crippen LogP contribution < -0.4 is 0 Å². The molecule has 2 saturated heterocycles. The van der Waals surface area contributed by atoms with Crippen molar-refractivity contribution in [3.05, 3.63) is 71.1 Å². The van der Waals surface area contributed by atoms with Crippen molar-refractivity contribution in [2.75, 3.05) is 52.4 Å². The molecule has 2 fully saturated rings. The Morgan fingerprint density at radius 3 is 2.09 bits per heavy atom. The zero-order valence-corrected chi connectivity index (χ0v) is 21.7. The molecule has 0 aromatic heterocycles. The molecule has 3 rings (SSSR count). The van der Waals surface area contributed by atoms with E-state index >= 15 is 0 Å². The lowest BCUT2D eigenvalue weighted by molar-refractivity contribution is 0.0690. The summed E-state index contributed by atoms with van der Waals surface area (Å²) in [6, 6.07) is 4.32. The van der Waals surface area contributed by atoms with Gasteiger partial charge in [0, 0.05) is 75.9 Å². The molecule has 1 amide bonds. The second-order valence-corrected chi connectivity index (χ2v) is 9.57. The van der Waals surface area contributed by atoms with Crippen LogP contribution in [-0.2, 0) is 6.54 Å². The molecule has 2 aliphatic rings. The Labute approximate surface area is 205 Å². The maximum atomic E-state index is 13.4. The number of carbonyl (C=O) groups is 1. The molecule has 1 aromatic carbocycles. The van der Waals surface area contributed by atoms with Crippen LogP contribution in [0.15, 0.2) is 53.8 Å².